The van der Waals surface area contributed by atoms with Gasteiger partial charge in [-0.15, -0.1) is 15.3 Å². The molecule has 10 nitrogen and oxygen atoms in total. The fourth-order valence-electron chi connectivity index (χ4n) is 3.27. The van der Waals surface area contributed by atoms with Crippen LogP contribution in [0.2, 0.25) is 0 Å². The van der Waals surface area contributed by atoms with Crippen LogP contribution in [-0.4, -0.2) is 39.4 Å². The number of benzene rings is 1. The third-order valence-electron chi connectivity index (χ3n) is 4.61. The summed E-state index contributed by atoms with van der Waals surface area (Å²) in [4.78, 5) is 12.8. The third-order valence-corrected chi connectivity index (χ3v) is 5.56. The van der Waals surface area contributed by atoms with Crippen molar-refractivity contribution in [2.24, 2.45) is 0 Å². The van der Waals surface area contributed by atoms with Crippen LogP contribution in [0.5, 0.6) is 0 Å². The number of fused-ring (bicyclic) bond motifs is 3. The van der Waals surface area contributed by atoms with Crippen LogP contribution in [0.25, 0.3) is 16.7 Å². The zero-order valence-corrected chi connectivity index (χ0v) is 16.3. The number of tetrazole rings is 1. The van der Waals surface area contributed by atoms with Gasteiger partial charge >= 0.3 is 0 Å². The van der Waals surface area contributed by atoms with Crippen LogP contribution in [0.4, 0.5) is 0 Å². The topological polar surface area (TPSA) is 109 Å². The highest BCUT2D eigenvalue weighted by Crippen LogP contribution is 2.22. The predicted octanol–water partition coefficient (Wildman–Crippen LogP) is 1.98. The van der Waals surface area contributed by atoms with E-state index >= 15 is 0 Å². The van der Waals surface area contributed by atoms with Crippen molar-refractivity contribution >= 4 is 28.4 Å². The summed E-state index contributed by atoms with van der Waals surface area (Å²) in [6.45, 7) is 2.88. The fourth-order valence-corrected chi connectivity index (χ4v) is 4.06. The Labute approximate surface area is 168 Å². The van der Waals surface area contributed by atoms with Crippen molar-refractivity contribution < 1.29 is 4.42 Å². The van der Waals surface area contributed by atoms with Crippen LogP contribution in [-0.2, 0) is 18.8 Å². The molecule has 29 heavy (non-hydrogen) atoms. The highest BCUT2D eigenvalue weighted by molar-refractivity contribution is 7.98. The lowest BCUT2D eigenvalue weighted by molar-refractivity contribution is 0.462. The molecule has 4 heterocycles. The maximum atomic E-state index is 12.8. The van der Waals surface area contributed by atoms with E-state index in [9.17, 15) is 4.79 Å². The first kappa shape index (κ1) is 17.6. The van der Waals surface area contributed by atoms with Crippen LogP contribution in [0.3, 0.4) is 0 Å². The predicted molar refractivity (Wildman–Crippen MR) is 106 cm³/mol. The molecule has 4 aromatic heterocycles. The molecule has 0 atom stereocenters. The molecule has 0 saturated heterocycles. The van der Waals surface area contributed by atoms with Crippen molar-refractivity contribution in [3.05, 3.63) is 64.6 Å². The number of furan rings is 1. The SMILES string of the molecule is CCn1c(=O)c2ccccc2n2c(CSc3nnnn3Cc3ccco3)nnc12. The Morgan fingerprint density at radius 3 is 2.83 bits per heavy atom. The van der Waals surface area contributed by atoms with Gasteiger partial charge in [-0.2, -0.15) is 0 Å². The molecule has 146 valence electrons. The molecule has 0 N–H and O–H groups in total. The van der Waals surface area contributed by atoms with Crippen LogP contribution < -0.4 is 5.56 Å². The summed E-state index contributed by atoms with van der Waals surface area (Å²) in [5, 5.41) is 21.8. The van der Waals surface area contributed by atoms with Gasteiger partial charge in [0.05, 0.1) is 22.9 Å². The van der Waals surface area contributed by atoms with Crippen LogP contribution in [0.1, 0.15) is 18.5 Å². The van der Waals surface area contributed by atoms with Gasteiger partial charge in [0, 0.05) is 6.54 Å². The molecule has 0 aliphatic carbocycles. The van der Waals surface area contributed by atoms with Crippen molar-refractivity contribution in [1.82, 2.24) is 39.4 Å². The minimum absolute atomic E-state index is 0.0652. The van der Waals surface area contributed by atoms with Crippen LogP contribution >= 0.6 is 11.8 Å². The molecule has 1 aromatic carbocycles. The van der Waals surface area contributed by atoms with Crippen LogP contribution in [0, 0.1) is 0 Å². The Hall–Kier alpha value is -3.47. The Bertz CT molecular complexity index is 1350. The first-order valence-corrected chi connectivity index (χ1v) is 10.0. The van der Waals surface area contributed by atoms with Crippen molar-refractivity contribution in [2.75, 3.05) is 0 Å². The molecule has 11 heteroatoms. The van der Waals surface area contributed by atoms with E-state index in [1.54, 1.807) is 15.5 Å². The van der Waals surface area contributed by atoms with E-state index in [1.807, 2.05) is 47.7 Å². The maximum absolute atomic E-state index is 12.8. The van der Waals surface area contributed by atoms with Gasteiger partial charge < -0.3 is 4.42 Å². The van der Waals surface area contributed by atoms with Gasteiger partial charge in [-0.3, -0.25) is 13.8 Å². The normalized spacial score (nSPS) is 11.6. The first-order chi connectivity index (χ1) is 14.3. The van der Waals surface area contributed by atoms with E-state index in [4.69, 9.17) is 4.42 Å². The molecule has 0 radical (unpaired) electrons. The minimum atomic E-state index is -0.0652. The second-order valence-electron chi connectivity index (χ2n) is 6.31. The van der Waals surface area contributed by atoms with Crippen molar-refractivity contribution in [3.8, 4) is 0 Å². The van der Waals surface area contributed by atoms with Crippen LogP contribution in [0.15, 0.2) is 57.0 Å². The van der Waals surface area contributed by atoms with Gasteiger partial charge in [0.2, 0.25) is 10.9 Å². The summed E-state index contributed by atoms with van der Waals surface area (Å²) < 4.78 is 10.6. The largest absolute Gasteiger partial charge is 0.467 e. The molecule has 0 bridgehead atoms. The molecule has 0 fully saturated rings. The zero-order valence-electron chi connectivity index (χ0n) is 15.5. The summed E-state index contributed by atoms with van der Waals surface area (Å²) in [7, 11) is 0. The van der Waals surface area contributed by atoms with Gasteiger partial charge in [-0.25, -0.2) is 4.68 Å². The van der Waals surface area contributed by atoms with Gasteiger partial charge in [-0.05, 0) is 41.6 Å². The quantitative estimate of drug-likeness (QED) is 0.392. The summed E-state index contributed by atoms with van der Waals surface area (Å²) in [5.74, 6) is 2.51. The van der Waals surface area contributed by atoms with E-state index in [2.05, 4.69) is 25.7 Å². The van der Waals surface area contributed by atoms with Crippen molar-refractivity contribution in [3.63, 3.8) is 0 Å². The van der Waals surface area contributed by atoms with E-state index in [0.717, 1.165) is 17.1 Å². The number of hydrogen-bond donors (Lipinski definition) is 0. The van der Waals surface area contributed by atoms with Gasteiger partial charge in [0.25, 0.3) is 5.56 Å². The number of hydrogen-bond acceptors (Lipinski definition) is 8. The van der Waals surface area contributed by atoms with E-state index in [-0.39, 0.29) is 5.56 Å². The van der Waals surface area contributed by atoms with E-state index in [1.165, 1.54) is 11.8 Å². The highest BCUT2D eigenvalue weighted by Gasteiger charge is 2.17. The Morgan fingerprint density at radius 1 is 1.10 bits per heavy atom. The number of rotatable bonds is 6. The number of nitrogens with zero attached hydrogens (tertiary/aromatic N) is 8. The van der Waals surface area contributed by atoms with E-state index < -0.39 is 0 Å². The number of aromatic nitrogens is 8. The van der Waals surface area contributed by atoms with Gasteiger partial charge in [-0.1, -0.05) is 23.9 Å². The molecule has 0 unspecified atom stereocenters. The lowest BCUT2D eigenvalue weighted by atomic mass is 10.2. The third kappa shape index (κ3) is 2.99. The fraction of sp³-hybridized carbons (Fsp3) is 0.222. The second-order valence-corrected chi connectivity index (χ2v) is 7.25. The second kappa shape index (κ2) is 7.17. The number of thioether (sulfide) groups is 1. The number of aryl methyl sites for hydroxylation is 1. The zero-order chi connectivity index (χ0) is 19.8. The molecule has 0 aliphatic rings. The van der Waals surface area contributed by atoms with Gasteiger partial charge in [0.15, 0.2) is 0 Å². The molecule has 5 rings (SSSR count). The van der Waals surface area contributed by atoms with E-state index in [0.29, 0.717) is 35.2 Å². The lowest BCUT2D eigenvalue weighted by Gasteiger charge is -2.09. The average molecular weight is 408 g/mol. The molecule has 0 amide bonds. The summed E-state index contributed by atoms with van der Waals surface area (Å²) in [6.07, 6.45) is 1.62. The smallest absolute Gasteiger partial charge is 0.262 e. The first-order valence-electron chi connectivity index (χ1n) is 9.03. The lowest BCUT2D eigenvalue weighted by Crippen LogP contribution is -2.22. The summed E-state index contributed by atoms with van der Waals surface area (Å²) in [6, 6.07) is 11.2. The molecular weight excluding hydrogens is 392 g/mol. The van der Waals surface area contributed by atoms with Crippen molar-refractivity contribution in [2.45, 2.75) is 30.9 Å². The summed E-state index contributed by atoms with van der Waals surface area (Å²) >= 11 is 1.45. The minimum Gasteiger partial charge on any atom is -0.467 e. The molecular formula is C18H16N8O2S. The maximum Gasteiger partial charge on any atom is 0.262 e. The summed E-state index contributed by atoms with van der Waals surface area (Å²) in [5.41, 5.74) is 0.720. The molecule has 5 aromatic rings. The monoisotopic (exact) mass is 408 g/mol. The molecule has 0 aliphatic heterocycles. The Kier molecular flexibility index (Phi) is 4.35. The average Bonchev–Trinajstić information content (AvgIpc) is 3.49. The van der Waals surface area contributed by atoms with Gasteiger partial charge in [0.1, 0.15) is 18.1 Å². The Balaban J connectivity index is 1.52. The highest BCUT2D eigenvalue weighted by atomic mass is 32.2. The molecule has 0 saturated carbocycles. The molecule has 0 spiro atoms. The van der Waals surface area contributed by atoms with Crippen molar-refractivity contribution in [1.29, 1.82) is 0 Å². The standard InChI is InChI=1S/C18H16N8O2S/c1-2-24-16(27)13-7-3-4-8-14(13)26-15(19-20-17(24)26)11-29-18-21-22-23-25(18)10-12-6-5-9-28-12/h3-9H,2,10-11H2,1H3. The Morgan fingerprint density at radius 2 is 2.00 bits per heavy atom. The number of para-hydroxylation sites is 1.